The van der Waals surface area contributed by atoms with Gasteiger partial charge >= 0.3 is 5.97 Å². The molecule has 0 saturated carbocycles. The Morgan fingerprint density at radius 1 is 1.54 bits per heavy atom. The number of esters is 1. The molecule has 0 N–H and O–H groups in total. The Morgan fingerprint density at radius 3 is 2.54 bits per heavy atom. The summed E-state index contributed by atoms with van der Waals surface area (Å²) in [7, 11) is 0. The summed E-state index contributed by atoms with van der Waals surface area (Å²) in [6, 6.07) is 0. The van der Waals surface area contributed by atoms with E-state index >= 15 is 0 Å². The Kier molecular flexibility index (Phi) is 2.36. The topological polar surface area (TPSA) is 65.2 Å². The molecule has 1 aromatic heterocycles. The van der Waals surface area contributed by atoms with Crippen LogP contribution in [0.5, 0.6) is 0 Å². The lowest BCUT2D eigenvalue weighted by molar-refractivity contribution is -0.157. The van der Waals surface area contributed by atoms with E-state index in [1.807, 2.05) is 0 Å². The first-order valence-corrected chi connectivity index (χ1v) is 3.92. The van der Waals surface area contributed by atoms with Crippen molar-refractivity contribution in [2.24, 2.45) is 0 Å². The highest BCUT2D eigenvalue weighted by molar-refractivity contribution is 5.66. The van der Waals surface area contributed by atoms with Crippen LogP contribution in [0.4, 0.5) is 0 Å². The van der Waals surface area contributed by atoms with Crippen LogP contribution in [0.2, 0.25) is 0 Å². The fraction of sp³-hybridized carbons (Fsp3) is 0.625. The van der Waals surface area contributed by atoms with Gasteiger partial charge in [-0.3, -0.25) is 4.79 Å². The molecular formula is C8H12N2O3. The average Bonchev–Trinajstić information content (AvgIpc) is 2.32. The summed E-state index contributed by atoms with van der Waals surface area (Å²) in [5.41, 5.74) is -0.854. The number of carbonyl (C=O) groups excluding carboxylic acids is 1. The van der Waals surface area contributed by atoms with Crippen LogP contribution >= 0.6 is 0 Å². The molecule has 5 heteroatoms. The van der Waals surface area contributed by atoms with Gasteiger partial charge in [0.05, 0.1) is 0 Å². The fourth-order valence-corrected chi connectivity index (χ4v) is 0.945. The zero-order valence-electron chi connectivity index (χ0n) is 8.12. The lowest BCUT2D eigenvalue weighted by atomic mass is 10.1. The second-order valence-corrected chi connectivity index (χ2v) is 3.25. The van der Waals surface area contributed by atoms with Gasteiger partial charge in [-0.25, -0.2) is 0 Å². The van der Waals surface area contributed by atoms with Crippen molar-refractivity contribution in [3.05, 3.63) is 11.7 Å². The summed E-state index contributed by atoms with van der Waals surface area (Å²) in [5.74, 6) is 0.455. The van der Waals surface area contributed by atoms with Crippen molar-refractivity contribution in [1.29, 1.82) is 0 Å². The standard InChI is InChI=1S/C8H12N2O3/c1-5-9-7(13-10-5)8(3,4)12-6(2)11/h1-4H3. The van der Waals surface area contributed by atoms with Crippen LogP contribution in [-0.2, 0) is 15.1 Å². The molecule has 0 bridgehead atoms. The highest BCUT2D eigenvalue weighted by Crippen LogP contribution is 2.22. The van der Waals surface area contributed by atoms with Gasteiger partial charge in [-0.2, -0.15) is 4.98 Å². The van der Waals surface area contributed by atoms with E-state index in [-0.39, 0.29) is 5.97 Å². The Balaban J connectivity index is 2.86. The van der Waals surface area contributed by atoms with E-state index in [4.69, 9.17) is 9.26 Å². The Bertz CT molecular complexity index is 317. The quantitative estimate of drug-likeness (QED) is 0.645. The highest BCUT2D eigenvalue weighted by atomic mass is 16.6. The predicted octanol–water partition coefficient (Wildman–Crippen LogP) is 1.18. The number of hydrogen-bond donors (Lipinski definition) is 0. The SMILES string of the molecule is CC(=O)OC(C)(C)c1nc(C)no1. The minimum Gasteiger partial charge on any atom is -0.450 e. The molecule has 0 aliphatic heterocycles. The lowest BCUT2D eigenvalue weighted by Crippen LogP contribution is -2.24. The maximum absolute atomic E-state index is 10.7. The fourth-order valence-electron chi connectivity index (χ4n) is 0.945. The molecule has 1 rings (SSSR count). The minimum atomic E-state index is -0.854. The second kappa shape index (κ2) is 3.16. The first-order valence-electron chi connectivity index (χ1n) is 3.92. The molecule has 0 saturated heterocycles. The molecule has 0 aliphatic rings. The predicted molar refractivity (Wildman–Crippen MR) is 43.8 cm³/mol. The minimum absolute atomic E-state index is 0.306. The van der Waals surface area contributed by atoms with Gasteiger partial charge in [0.25, 0.3) is 5.89 Å². The molecule has 1 aromatic rings. The Hall–Kier alpha value is -1.39. The third-order valence-electron chi connectivity index (χ3n) is 1.44. The number of carbonyl (C=O) groups is 1. The average molecular weight is 184 g/mol. The van der Waals surface area contributed by atoms with E-state index in [0.29, 0.717) is 11.7 Å². The Labute approximate surface area is 76.1 Å². The summed E-state index contributed by atoms with van der Waals surface area (Å²) in [5, 5.41) is 3.61. The molecule has 72 valence electrons. The van der Waals surface area contributed by atoms with Crippen LogP contribution in [0.15, 0.2) is 4.52 Å². The van der Waals surface area contributed by atoms with Crippen molar-refractivity contribution in [3.63, 3.8) is 0 Å². The number of rotatable bonds is 2. The van der Waals surface area contributed by atoms with Crippen LogP contribution in [0.25, 0.3) is 0 Å². The third-order valence-corrected chi connectivity index (χ3v) is 1.44. The summed E-state index contributed by atoms with van der Waals surface area (Å²) in [6.45, 7) is 6.44. The second-order valence-electron chi connectivity index (χ2n) is 3.25. The van der Waals surface area contributed by atoms with Crippen molar-refractivity contribution in [3.8, 4) is 0 Å². The molecule has 0 radical (unpaired) electrons. The van der Waals surface area contributed by atoms with Gasteiger partial charge in [0.15, 0.2) is 11.4 Å². The molecule has 0 atom stereocenters. The molecule has 0 aromatic carbocycles. The van der Waals surface area contributed by atoms with Gasteiger partial charge in [-0.05, 0) is 20.8 Å². The molecular weight excluding hydrogens is 172 g/mol. The van der Waals surface area contributed by atoms with E-state index < -0.39 is 5.60 Å². The number of aryl methyl sites for hydroxylation is 1. The normalized spacial score (nSPS) is 11.4. The summed E-state index contributed by atoms with van der Waals surface area (Å²) < 4.78 is 9.89. The molecule has 0 aliphatic carbocycles. The number of ether oxygens (including phenoxy) is 1. The maximum atomic E-state index is 10.7. The zero-order valence-corrected chi connectivity index (χ0v) is 8.12. The third kappa shape index (κ3) is 2.27. The highest BCUT2D eigenvalue weighted by Gasteiger charge is 2.30. The number of nitrogens with zero attached hydrogens (tertiary/aromatic N) is 2. The largest absolute Gasteiger partial charge is 0.450 e. The van der Waals surface area contributed by atoms with Gasteiger partial charge < -0.3 is 9.26 Å². The van der Waals surface area contributed by atoms with Gasteiger partial charge in [0, 0.05) is 6.92 Å². The summed E-state index contributed by atoms with van der Waals surface area (Å²) >= 11 is 0. The first kappa shape index (κ1) is 9.70. The van der Waals surface area contributed by atoms with Crippen LogP contribution in [0, 0.1) is 6.92 Å². The van der Waals surface area contributed by atoms with Crippen LogP contribution in [0.1, 0.15) is 32.5 Å². The van der Waals surface area contributed by atoms with E-state index in [1.165, 1.54) is 6.92 Å². The molecule has 5 nitrogen and oxygen atoms in total. The van der Waals surface area contributed by atoms with Gasteiger partial charge in [-0.15, -0.1) is 0 Å². The van der Waals surface area contributed by atoms with Crippen LogP contribution in [-0.4, -0.2) is 16.1 Å². The van der Waals surface area contributed by atoms with Crippen molar-refractivity contribution in [1.82, 2.24) is 10.1 Å². The molecule has 0 spiro atoms. The van der Waals surface area contributed by atoms with Crippen LogP contribution in [0.3, 0.4) is 0 Å². The smallest absolute Gasteiger partial charge is 0.303 e. The summed E-state index contributed by atoms with van der Waals surface area (Å²) in [4.78, 5) is 14.7. The van der Waals surface area contributed by atoms with E-state index in [9.17, 15) is 4.79 Å². The monoisotopic (exact) mass is 184 g/mol. The van der Waals surface area contributed by atoms with Gasteiger partial charge in [0.1, 0.15) is 0 Å². The lowest BCUT2D eigenvalue weighted by Gasteiger charge is -2.19. The molecule has 1 heterocycles. The number of aromatic nitrogens is 2. The summed E-state index contributed by atoms with van der Waals surface area (Å²) in [6.07, 6.45) is 0. The maximum Gasteiger partial charge on any atom is 0.303 e. The van der Waals surface area contributed by atoms with Crippen molar-refractivity contribution in [2.75, 3.05) is 0 Å². The first-order chi connectivity index (χ1) is 5.92. The molecule has 0 unspecified atom stereocenters. The molecule has 0 fully saturated rings. The van der Waals surface area contributed by atoms with E-state index in [2.05, 4.69) is 10.1 Å². The van der Waals surface area contributed by atoms with Crippen molar-refractivity contribution >= 4 is 5.97 Å². The van der Waals surface area contributed by atoms with E-state index in [1.54, 1.807) is 20.8 Å². The van der Waals surface area contributed by atoms with E-state index in [0.717, 1.165) is 0 Å². The van der Waals surface area contributed by atoms with Crippen molar-refractivity contribution < 1.29 is 14.1 Å². The molecule has 0 amide bonds. The van der Waals surface area contributed by atoms with Crippen molar-refractivity contribution in [2.45, 2.75) is 33.3 Å². The van der Waals surface area contributed by atoms with Gasteiger partial charge in [-0.1, -0.05) is 5.16 Å². The van der Waals surface area contributed by atoms with Gasteiger partial charge in [0.2, 0.25) is 0 Å². The van der Waals surface area contributed by atoms with Crippen LogP contribution < -0.4 is 0 Å². The molecule has 13 heavy (non-hydrogen) atoms. The Morgan fingerprint density at radius 2 is 2.15 bits per heavy atom. The zero-order chi connectivity index (χ0) is 10.1. The number of hydrogen-bond acceptors (Lipinski definition) is 5.